The van der Waals surface area contributed by atoms with Crippen LogP contribution in [0.1, 0.15) is 24.4 Å². The van der Waals surface area contributed by atoms with Crippen molar-refractivity contribution < 1.29 is 22.7 Å². The van der Waals surface area contributed by atoms with Crippen LogP contribution in [0.25, 0.3) is 10.8 Å². The van der Waals surface area contributed by atoms with E-state index in [1.165, 1.54) is 7.05 Å². The van der Waals surface area contributed by atoms with Gasteiger partial charge in [-0.2, -0.15) is 4.31 Å². The zero-order valence-electron chi connectivity index (χ0n) is 19.0. The number of ether oxygens (including phenoxy) is 2. The number of sulfonamides is 1. The predicted molar refractivity (Wildman–Crippen MR) is 127 cm³/mol. The van der Waals surface area contributed by atoms with Crippen molar-refractivity contribution in [3.05, 3.63) is 66.2 Å². The van der Waals surface area contributed by atoms with Crippen molar-refractivity contribution in [2.45, 2.75) is 23.8 Å². The molecule has 0 saturated carbocycles. The molecule has 33 heavy (non-hydrogen) atoms. The van der Waals surface area contributed by atoms with Crippen molar-refractivity contribution in [3.8, 4) is 11.5 Å². The van der Waals surface area contributed by atoms with Gasteiger partial charge in [-0.05, 0) is 47.9 Å². The van der Waals surface area contributed by atoms with E-state index in [1.807, 2.05) is 36.4 Å². The average Bonchev–Trinajstić information content (AvgIpc) is 3.33. The number of likely N-dealkylation sites (tertiary alicyclic amines) is 1. The molecule has 1 aliphatic heterocycles. The number of carbonyl (C=O) groups is 1. The third-order valence-corrected chi connectivity index (χ3v) is 7.96. The summed E-state index contributed by atoms with van der Waals surface area (Å²) in [5, 5.41) is 1.80. The maximum absolute atomic E-state index is 13.2. The SMILES string of the molecule is COc1ccc(C2CCCN2C(=O)CN(C)S(=O)(=O)c2ccc3ccccc3c2)c(OC)c1. The summed E-state index contributed by atoms with van der Waals surface area (Å²) in [5.41, 5.74) is 0.893. The van der Waals surface area contributed by atoms with Crippen LogP contribution in [0.4, 0.5) is 0 Å². The summed E-state index contributed by atoms with van der Waals surface area (Å²) < 4.78 is 38.3. The molecule has 174 valence electrons. The van der Waals surface area contributed by atoms with Crippen LogP contribution in [-0.2, 0) is 14.8 Å². The lowest BCUT2D eigenvalue weighted by Gasteiger charge is -2.28. The first-order chi connectivity index (χ1) is 15.8. The van der Waals surface area contributed by atoms with Gasteiger partial charge in [-0.1, -0.05) is 30.3 Å². The summed E-state index contributed by atoms with van der Waals surface area (Å²) in [6.07, 6.45) is 1.63. The van der Waals surface area contributed by atoms with Crippen LogP contribution >= 0.6 is 0 Å². The lowest BCUT2D eigenvalue weighted by Crippen LogP contribution is -2.40. The Labute approximate surface area is 194 Å². The summed E-state index contributed by atoms with van der Waals surface area (Å²) in [7, 11) is 0.807. The van der Waals surface area contributed by atoms with E-state index in [9.17, 15) is 13.2 Å². The molecule has 1 unspecified atom stereocenters. The van der Waals surface area contributed by atoms with Crippen molar-refractivity contribution in [1.29, 1.82) is 0 Å². The Hall–Kier alpha value is -3.10. The van der Waals surface area contributed by atoms with Crippen molar-refractivity contribution in [3.63, 3.8) is 0 Å². The molecule has 8 heteroatoms. The van der Waals surface area contributed by atoms with E-state index >= 15 is 0 Å². The van der Waals surface area contributed by atoms with Gasteiger partial charge in [0.05, 0.1) is 31.7 Å². The van der Waals surface area contributed by atoms with Gasteiger partial charge >= 0.3 is 0 Å². The predicted octanol–water partition coefficient (Wildman–Crippen LogP) is 3.84. The molecular formula is C25H28N2O5S. The minimum absolute atomic E-state index is 0.171. The molecule has 1 atom stereocenters. The Kier molecular flexibility index (Phi) is 6.58. The highest BCUT2D eigenvalue weighted by atomic mass is 32.2. The Morgan fingerprint density at radius 2 is 1.79 bits per heavy atom. The van der Waals surface area contributed by atoms with Crippen LogP contribution in [0, 0.1) is 0 Å². The molecule has 0 bridgehead atoms. The van der Waals surface area contributed by atoms with Gasteiger partial charge in [-0.15, -0.1) is 0 Å². The van der Waals surface area contributed by atoms with Gasteiger partial charge in [-0.3, -0.25) is 4.79 Å². The van der Waals surface area contributed by atoms with E-state index in [4.69, 9.17) is 9.47 Å². The number of rotatable bonds is 7. The minimum atomic E-state index is -3.81. The highest BCUT2D eigenvalue weighted by Gasteiger charge is 2.34. The molecule has 0 radical (unpaired) electrons. The monoisotopic (exact) mass is 468 g/mol. The van der Waals surface area contributed by atoms with Gasteiger partial charge < -0.3 is 14.4 Å². The quantitative estimate of drug-likeness (QED) is 0.527. The van der Waals surface area contributed by atoms with Crippen molar-refractivity contribution in [2.24, 2.45) is 0 Å². The Morgan fingerprint density at radius 3 is 2.52 bits per heavy atom. The van der Waals surface area contributed by atoms with E-state index < -0.39 is 10.0 Å². The molecule has 7 nitrogen and oxygen atoms in total. The first-order valence-electron chi connectivity index (χ1n) is 10.8. The molecule has 1 amide bonds. The number of methoxy groups -OCH3 is 2. The van der Waals surface area contributed by atoms with Gasteiger partial charge in [0.25, 0.3) is 0 Å². The van der Waals surface area contributed by atoms with Gasteiger partial charge in [-0.25, -0.2) is 8.42 Å². The van der Waals surface area contributed by atoms with Crippen molar-refractivity contribution in [1.82, 2.24) is 9.21 Å². The van der Waals surface area contributed by atoms with Gasteiger partial charge in [0.15, 0.2) is 0 Å². The number of hydrogen-bond acceptors (Lipinski definition) is 5. The molecule has 0 aliphatic carbocycles. The molecule has 1 fully saturated rings. The molecule has 3 aromatic carbocycles. The maximum Gasteiger partial charge on any atom is 0.243 e. The number of likely N-dealkylation sites (N-methyl/N-ethyl adjacent to an activating group) is 1. The van der Waals surface area contributed by atoms with Crippen LogP contribution in [0.3, 0.4) is 0 Å². The molecular weight excluding hydrogens is 440 g/mol. The number of benzene rings is 3. The Balaban J connectivity index is 1.54. The number of hydrogen-bond donors (Lipinski definition) is 0. The number of carbonyl (C=O) groups excluding carboxylic acids is 1. The fourth-order valence-electron chi connectivity index (χ4n) is 4.36. The van der Waals surface area contributed by atoms with Crippen LogP contribution in [0.5, 0.6) is 11.5 Å². The van der Waals surface area contributed by atoms with Gasteiger partial charge in [0.1, 0.15) is 11.5 Å². The topological polar surface area (TPSA) is 76.2 Å². The number of amides is 1. The van der Waals surface area contributed by atoms with Crippen LogP contribution < -0.4 is 9.47 Å². The summed E-state index contributed by atoms with van der Waals surface area (Å²) in [4.78, 5) is 15.1. The molecule has 4 rings (SSSR count). The largest absolute Gasteiger partial charge is 0.497 e. The molecule has 0 N–H and O–H groups in total. The fraction of sp³-hybridized carbons (Fsp3) is 0.320. The molecule has 0 spiro atoms. The third-order valence-electron chi connectivity index (χ3n) is 6.16. The fourth-order valence-corrected chi connectivity index (χ4v) is 5.51. The lowest BCUT2D eigenvalue weighted by atomic mass is 10.0. The lowest BCUT2D eigenvalue weighted by molar-refractivity contribution is -0.132. The second kappa shape index (κ2) is 9.41. The van der Waals surface area contributed by atoms with E-state index in [1.54, 1.807) is 43.4 Å². The van der Waals surface area contributed by atoms with E-state index in [-0.39, 0.29) is 23.4 Å². The summed E-state index contributed by atoms with van der Waals surface area (Å²) >= 11 is 0. The molecule has 1 saturated heterocycles. The minimum Gasteiger partial charge on any atom is -0.497 e. The zero-order chi connectivity index (χ0) is 23.6. The standard InChI is InChI=1S/C25H28N2O5S/c1-26(33(29,30)21-12-10-18-7-4-5-8-19(18)15-21)17-25(28)27-14-6-9-23(27)22-13-11-20(31-2)16-24(22)32-3/h4-5,7-8,10-13,15-16,23H,6,9,14,17H2,1-3H3. The van der Waals surface area contributed by atoms with E-state index in [0.29, 0.717) is 18.0 Å². The smallest absolute Gasteiger partial charge is 0.243 e. The Bertz CT molecular complexity index is 1270. The normalized spacial score (nSPS) is 16.4. The highest BCUT2D eigenvalue weighted by molar-refractivity contribution is 7.89. The first-order valence-corrected chi connectivity index (χ1v) is 12.3. The van der Waals surface area contributed by atoms with Crippen LogP contribution in [0.15, 0.2) is 65.6 Å². The second-order valence-corrected chi connectivity index (χ2v) is 10.2. The summed E-state index contributed by atoms with van der Waals surface area (Å²) in [5.74, 6) is 1.09. The van der Waals surface area contributed by atoms with Gasteiger partial charge in [0, 0.05) is 25.2 Å². The van der Waals surface area contributed by atoms with E-state index in [2.05, 4.69) is 0 Å². The van der Waals surface area contributed by atoms with Crippen molar-refractivity contribution in [2.75, 3.05) is 34.4 Å². The maximum atomic E-state index is 13.2. The summed E-state index contributed by atoms with van der Waals surface area (Å²) in [6, 6.07) is 18.0. The first kappa shape index (κ1) is 23.1. The molecule has 1 aliphatic rings. The van der Waals surface area contributed by atoms with Crippen LogP contribution in [-0.4, -0.2) is 57.9 Å². The third kappa shape index (κ3) is 4.54. The molecule has 0 aromatic heterocycles. The Morgan fingerprint density at radius 1 is 1.03 bits per heavy atom. The van der Waals surface area contributed by atoms with E-state index in [0.717, 1.165) is 33.5 Å². The van der Waals surface area contributed by atoms with Crippen LogP contribution in [0.2, 0.25) is 0 Å². The zero-order valence-corrected chi connectivity index (χ0v) is 19.8. The highest BCUT2D eigenvalue weighted by Crippen LogP contribution is 2.38. The molecule has 3 aromatic rings. The van der Waals surface area contributed by atoms with Gasteiger partial charge in [0.2, 0.25) is 15.9 Å². The second-order valence-electron chi connectivity index (χ2n) is 8.12. The number of nitrogens with zero attached hydrogens (tertiary/aromatic N) is 2. The number of fused-ring (bicyclic) bond motifs is 1. The van der Waals surface area contributed by atoms with Crippen molar-refractivity contribution >= 4 is 26.7 Å². The average molecular weight is 469 g/mol. The molecule has 1 heterocycles. The summed E-state index contributed by atoms with van der Waals surface area (Å²) in [6.45, 7) is 0.340.